The summed E-state index contributed by atoms with van der Waals surface area (Å²) in [6.07, 6.45) is 0.740. The third kappa shape index (κ3) is 4.08. The highest BCUT2D eigenvalue weighted by Crippen LogP contribution is 2.16. The molecule has 0 spiro atoms. The average Bonchev–Trinajstić information content (AvgIpc) is 2.29. The molecule has 0 unspecified atom stereocenters. The van der Waals surface area contributed by atoms with Gasteiger partial charge in [0.05, 0.1) is 4.90 Å². The van der Waals surface area contributed by atoms with Gasteiger partial charge in [-0.2, -0.15) is 0 Å². The van der Waals surface area contributed by atoms with E-state index in [0.29, 0.717) is 4.90 Å². The quantitative estimate of drug-likeness (QED) is 0.829. The molecule has 0 amide bonds. The number of rotatable bonds is 6. The molecule has 2 N–H and O–H groups in total. The van der Waals surface area contributed by atoms with Gasteiger partial charge in [0.1, 0.15) is 0 Å². The first-order valence-electron chi connectivity index (χ1n) is 6.08. The van der Waals surface area contributed by atoms with Crippen LogP contribution in [0.1, 0.15) is 32.8 Å². The van der Waals surface area contributed by atoms with Gasteiger partial charge in [-0.15, -0.1) is 0 Å². The molecule has 4 nitrogen and oxygen atoms in total. The average molecular weight is 270 g/mol. The van der Waals surface area contributed by atoms with Crippen LogP contribution in [-0.4, -0.2) is 21.0 Å². The zero-order valence-corrected chi connectivity index (χ0v) is 12.3. The van der Waals surface area contributed by atoms with Crippen molar-refractivity contribution in [2.45, 2.75) is 44.2 Å². The lowest BCUT2D eigenvalue weighted by molar-refractivity contribution is 0.439. The molecular weight excluding hydrogens is 248 g/mol. The summed E-state index contributed by atoms with van der Waals surface area (Å²) in [5.41, 5.74) is 0.633. The van der Waals surface area contributed by atoms with Crippen LogP contribution in [0.4, 0.5) is 0 Å². The number of hydrogen-bond donors (Lipinski definition) is 2. The van der Waals surface area contributed by atoms with Crippen LogP contribution < -0.4 is 10.0 Å². The first kappa shape index (κ1) is 15.1. The maximum atomic E-state index is 12.1. The van der Waals surface area contributed by atoms with Gasteiger partial charge in [0.25, 0.3) is 0 Å². The monoisotopic (exact) mass is 270 g/mol. The first-order chi connectivity index (χ1) is 8.30. The Morgan fingerprint density at radius 2 is 1.72 bits per heavy atom. The Labute approximate surface area is 110 Å². The van der Waals surface area contributed by atoms with Gasteiger partial charge in [-0.25, -0.2) is 13.1 Å². The minimum atomic E-state index is -3.43. The fraction of sp³-hybridized carbons (Fsp3) is 0.538. The van der Waals surface area contributed by atoms with Crippen LogP contribution in [0.25, 0.3) is 0 Å². The summed E-state index contributed by atoms with van der Waals surface area (Å²) in [6, 6.07) is 6.93. The normalized spacial score (nSPS) is 12.7. The maximum absolute atomic E-state index is 12.1. The molecule has 0 bridgehead atoms. The molecule has 102 valence electrons. The highest BCUT2D eigenvalue weighted by atomic mass is 32.2. The lowest BCUT2D eigenvalue weighted by Gasteiger charge is -2.24. The number of hydrogen-bond acceptors (Lipinski definition) is 3. The first-order valence-corrected chi connectivity index (χ1v) is 7.56. The van der Waals surface area contributed by atoms with Crippen LogP contribution in [0.15, 0.2) is 29.2 Å². The highest BCUT2D eigenvalue weighted by molar-refractivity contribution is 7.89. The highest BCUT2D eigenvalue weighted by Gasteiger charge is 2.24. The molecule has 0 radical (unpaired) electrons. The van der Waals surface area contributed by atoms with Crippen molar-refractivity contribution in [3.8, 4) is 0 Å². The summed E-state index contributed by atoms with van der Waals surface area (Å²) in [5, 5.41) is 3.02. The van der Waals surface area contributed by atoms with E-state index in [0.717, 1.165) is 18.5 Å². The second kappa shape index (κ2) is 5.82. The molecule has 18 heavy (non-hydrogen) atoms. The van der Waals surface area contributed by atoms with Gasteiger partial charge in [0.15, 0.2) is 0 Å². The predicted molar refractivity (Wildman–Crippen MR) is 73.9 cm³/mol. The van der Waals surface area contributed by atoms with Gasteiger partial charge in [-0.05, 0) is 45.0 Å². The molecule has 0 saturated carbocycles. The van der Waals surface area contributed by atoms with E-state index in [4.69, 9.17) is 0 Å². The van der Waals surface area contributed by atoms with Gasteiger partial charge in [-0.1, -0.05) is 19.1 Å². The molecule has 0 heterocycles. The number of sulfonamides is 1. The Morgan fingerprint density at radius 3 is 2.17 bits per heavy atom. The predicted octanol–water partition coefficient (Wildman–Crippen LogP) is 1.87. The van der Waals surface area contributed by atoms with E-state index in [1.807, 2.05) is 40.0 Å². The van der Waals surface area contributed by atoms with E-state index >= 15 is 0 Å². The lowest BCUT2D eigenvalue weighted by atomic mass is 10.0. The molecule has 0 fully saturated rings. The zero-order chi connectivity index (χ0) is 13.8. The summed E-state index contributed by atoms with van der Waals surface area (Å²) < 4.78 is 27.0. The maximum Gasteiger partial charge on any atom is 0.241 e. The zero-order valence-electron chi connectivity index (χ0n) is 11.4. The Morgan fingerprint density at radius 1 is 1.17 bits per heavy atom. The van der Waals surface area contributed by atoms with E-state index in [2.05, 4.69) is 10.0 Å². The van der Waals surface area contributed by atoms with Crippen molar-refractivity contribution in [2.24, 2.45) is 0 Å². The molecule has 5 heteroatoms. The van der Waals surface area contributed by atoms with Crippen LogP contribution in [0.5, 0.6) is 0 Å². The number of nitrogens with one attached hydrogen (secondary N) is 2. The molecular formula is C13H22N2O2S. The number of benzene rings is 1. The smallest absolute Gasteiger partial charge is 0.241 e. The fourth-order valence-electron chi connectivity index (χ4n) is 1.49. The Hall–Kier alpha value is -0.910. The molecule has 0 aliphatic heterocycles. The van der Waals surface area contributed by atoms with E-state index < -0.39 is 15.6 Å². The molecule has 0 saturated heterocycles. The minimum absolute atomic E-state index is 0.309. The van der Waals surface area contributed by atoms with E-state index in [9.17, 15) is 8.42 Å². The van der Waals surface area contributed by atoms with Crippen LogP contribution in [0.2, 0.25) is 0 Å². The Bertz CT molecular complexity index is 478. The fourth-order valence-corrected chi connectivity index (χ4v) is 2.97. The summed E-state index contributed by atoms with van der Waals surface area (Å²) in [7, 11) is -1.58. The van der Waals surface area contributed by atoms with Gasteiger partial charge >= 0.3 is 0 Å². The third-order valence-corrected chi connectivity index (χ3v) is 4.62. The van der Waals surface area contributed by atoms with Crippen molar-refractivity contribution in [1.82, 2.24) is 10.0 Å². The summed E-state index contributed by atoms with van der Waals surface area (Å²) in [5.74, 6) is 0. The van der Waals surface area contributed by atoms with Crippen LogP contribution in [0, 0.1) is 0 Å². The summed E-state index contributed by atoms with van der Waals surface area (Å²) in [6.45, 7) is 6.44. The van der Waals surface area contributed by atoms with Crippen molar-refractivity contribution in [1.29, 1.82) is 0 Å². The van der Waals surface area contributed by atoms with E-state index in [1.54, 1.807) is 12.1 Å². The third-order valence-electron chi connectivity index (χ3n) is 2.91. The van der Waals surface area contributed by atoms with Gasteiger partial charge in [0, 0.05) is 12.1 Å². The Balaban J connectivity index is 2.92. The Kier molecular flexibility index (Phi) is 4.90. The topological polar surface area (TPSA) is 58.2 Å². The van der Waals surface area contributed by atoms with Gasteiger partial charge in [-0.3, -0.25) is 0 Å². The standard InChI is InChI=1S/C13H22N2O2S/c1-5-13(2,3)15-18(16,17)12-8-6-11(7-9-12)10-14-4/h6-9,14-15H,5,10H2,1-4H3. The van der Waals surface area contributed by atoms with Crippen LogP contribution >= 0.6 is 0 Å². The van der Waals surface area contributed by atoms with Crippen LogP contribution in [-0.2, 0) is 16.6 Å². The minimum Gasteiger partial charge on any atom is -0.316 e. The largest absolute Gasteiger partial charge is 0.316 e. The van der Waals surface area contributed by atoms with E-state index in [-0.39, 0.29) is 0 Å². The molecule has 1 aromatic carbocycles. The SMILES string of the molecule is CCC(C)(C)NS(=O)(=O)c1ccc(CNC)cc1. The van der Waals surface area contributed by atoms with Crippen LogP contribution in [0.3, 0.4) is 0 Å². The molecule has 0 aromatic heterocycles. The molecule has 1 aromatic rings. The van der Waals surface area contributed by atoms with Crippen molar-refractivity contribution in [2.75, 3.05) is 7.05 Å². The summed E-state index contributed by atoms with van der Waals surface area (Å²) >= 11 is 0. The second-order valence-electron chi connectivity index (χ2n) is 5.02. The van der Waals surface area contributed by atoms with Crippen molar-refractivity contribution >= 4 is 10.0 Å². The van der Waals surface area contributed by atoms with Crippen molar-refractivity contribution in [3.05, 3.63) is 29.8 Å². The van der Waals surface area contributed by atoms with Gasteiger partial charge in [0.2, 0.25) is 10.0 Å². The van der Waals surface area contributed by atoms with Gasteiger partial charge < -0.3 is 5.32 Å². The molecule has 1 rings (SSSR count). The van der Waals surface area contributed by atoms with Crippen molar-refractivity contribution < 1.29 is 8.42 Å². The van der Waals surface area contributed by atoms with E-state index in [1.165, 1.54) is 0 Å². The second-order valence-corrected chi connectivity index (χ2v) is 6.70. The lowest BCUT2D eigenvalue weighted by Crippen LogP contribution is -2.42. The molecule has 0 aliphatic carbocycles. The molecule has 0 atom stereocenters. The molecule has 0 aliphatic rings. The summed E-state index contributed by atoms with van der Waals surface area (Å²) in [4.78, 5) is 0.309. The van der Waals surface area contributed by atoms with Crippen molar-refractivity contribution in [3.63, 3.8) is 0 Å².